The van der Waals surface area contributed by atoms with Crippen molar-refractivity contribution in [1.82, 2.24) is 0 Å². The summed E-state index contributed by atoms with van der Waals surface area (Å²) in [5, 5.41) is 18.5. The minimum atomic E-state index is -0.737. The molecule has 1 atom stereocenters. The molecule has 1 aliphatic rings. The Hall–Kier alpha value is -1.71. The Morgan fingerprint density at radius 3 is 2.81 bits per heavy atom. The molecular formula is C12H15NO3. The van der Waals surface area contributed by atoms with E-state index in [-0.39, 0.29) is 11.7 Å². The normalized spacial score (nSPS) is 20.1. The fourth-order valence-corrected chi connectivity index (χ4v) is 1.99. The van der Waals surface area contributed by atoms with Crippen LogP contribution >= 0.6 is 0 Å². The molecule has 0 aromatic heterocycles. The Morgan fingerprint density at radius 1 is 1.50 bits per heavy atom. The van der Waals surface area contributed by atoms with Crippen molar-refractivity contribution in [2.75, 3.05) is 18.0 Å². The number of hydrogen-bond acceptors (Lipinski definition) is 3. The maximum Gasteiger partial charge on any atom is 0.308 e. The maximum atomic E-state index is 10.8. The summed E-state index contributed by atoms with van der Waals surface area (Å²) >= 11 is 0. The van der Waals surface area contributed by atoms with Crippen LogP contribution in [0.1, 0.15) is 12.0 Å². The summed E-state index contributed by atoms with van der Waals surface area (Å²) in [5.41, 5.74) is 1.73. The molecule has 1 aromatic carbocycles. The van der Waals surface area contributed by atoms with Gasteiger partial charge in [0.2, 0.25) is 0 Å². The highest BCUT2D eigenvalue weighted by Gasteiger charge is 2.28. The predicted molar refractivity (Wildman–Crippen MR) is 60.8 cm³/mol. The molecule has 0 radical (unpaired) electrons. The second kappa shape index (κ2) is 4.04. The van der Waals surface area contributed by atoms with Gasteiger partial charge in [-0.05, 0) is 25.0 Å². The van der Waals surface area contributed by atoms with Gasteiger partial charge in [-0.3, -0.25) is 4.79 Å². The number of carboxylic acids is 1. The summed E-state index contributed by atoms with van der Waals surface area (Å²) in [6, 6.07) is 5.46. The van der Waals surface area contributed by atoms with Crippen LogP contribution in [-0.2, 0) is 4.79 Å². The molecule has 16 heavy (non-hydrogen) atoms. The van der Waals surface area contributed by atoms with Crippen LogP contribution in [0.3, 0.4) is 0 Å². The van der Waals surface area contributed by atoms with Gasteiger partial charge in [0, 0.05) is 24.8 Å². The third kappa shape index (κ3) is 1.96. The molecule has 1 aliphatic heterocycles. The number of hydrogen-bond donors (Lipinski definition) is 2. The summed E-state index contributed by atoms with van der Waals surface area (Å²) in [6.07, 6.45) is 0.671. The molecule has 0 spiro atoms. The van der Waals surface area contributed by atoms with Crippen molar-refractivity contribution in [1.29, 1.82) is 0 Å². The standard InChI is InChI=1S/C12H15NO3/c1-8-2-3-10(6-11(8)14)13-5-4-9(7-13)12(15)16/h2-3,6,9,14H,4-5,7H2,1H3,(H,15,16). The molecule has 0 saturated carbocycles. The van der Waals surface area contributed by atoms with Crippen LogP contribution in [0.4, 0.5) is 5.69 Å². The monoisotopic (exact) mass is 221 g/mol. The number of aliphatic carboxylic acids is 1. The number of aryl methyl sites for hydroxylation is 1. The van der Waals surface area contributed by atoms with Crippen molar-refractivity contribution < 1.29 is 15.0 Å². The van der Waals surface area contributed by atoms with Crippen LogP contribution in [0.25, 0.3) is 0 Å². The van der Waals surface area contributed by atoms with E-state index in [4.69, 9.17) is 5.11 Å². The highest BCUT2D eigenvalue weighted by Crippen LogP contribution is 2.28. The van der Waals surface area contributed by atoms with E-state index in [0.717, 1.165) is 17.8 Å². The van der Waals surface area contributed by atoms with Crippen LogP contribution in [0.15, 0.2) is 18.2 Å². The first-order valence-corrected chi connectivity index (χ1v) is 5.35. The van der Waals surface area contributed by atoms with E-state index in [1.807, 2.05) is 24.0 Å². The lowest BCUT2D eigenvalue weighted by molar-refractivity contribution is -0.140. The molecule has 4 heteroatoms. The van der Waals surface area contributed by atoms with E-state index >= 15 is 0 Å². The minimum Gasteiger partial charge on any atom is -0.508 e. The van der Waals surface area contributed by atoms with Gasteiger partial charge in [0.15, 0.2) is 0 Å². The van der Waals surface area contributed by atoms with Gasteiger partial charge < -0.3 is 15.1 Å². The second-order valence-corrected chi connectivity index (χ2v) is 4.24. The molecule has 86 valence electrons. The predicted octanol–water partition coefficient (Wildman–Crippen LogP) is 1.61. The lowest BCUT2D eigenvalue weighted by Crippen LogP contribution is -2.22. The number of rotatable bonds is 2. The molecule has 1 saturated heterocycles. The van der Waals surface area contributed by atoms with Gasteiger partial charge in [-0.2, -0.15) is 0 Å². The molecular weight excluding hydrogens is 206 g/mol. The Morgan fingerprint density at radius 2 is 2.25 bits per heavy atom. The molecule has 1 aromatic rings. The number of anilines is 1. The van der Waals surface area contributed by atoms with Crippen molar-refractivity contribution in [2.24, 2.45) is 5.92 Å². The van der Waals surface area contributed by atoms with Crippen molar-refractivity contribution in [3.8, 4) is 5.75 Å². The summed E-state index contributed by atoms with van der Waals surface area (Å²) in [5.74, 6) is -0.765. The Bertz CT molecular complexity index is 417. The largest absolute Gasteiger partial charge is 0.508 e. The topological polar surface area (TPSA) is 60.8 Å². The van der Waals surface area contributed by atoms with Gasteiger partial charge in [-0.25, -0.2) is 0 Å². The summed E-state index contributed by atoms with van der Waals surface area (Å²) < 4.78 is 0. The van der Waals surface area contributed by atoms with E-state index in [1.165, 1.54) is 0 Å². The molecule has 0 aliphatic carbocycles. The molecule has 1 unspecified atom stereocenters. The molecule has 1 heterocycles. The highest BCUT2D eigenvalue weighted by molar-refractivity contribution is 5.72. The van der Waals surface area contributed by atoms with Gasteiger partial charge >= 0.3 is 5.97 Å². The number of phenols is 1. The van der Waals surface area contributed by atoms with Crippen LogP contribution < -0.4 is 4.90 Å². The number of aromatic hydroxyl groups is 1. The number of phenolic OH excluding ortho intramolecular Hbond substituents is 1. The van der Waals surface area contributed by atoms with E-state index in [2.05, 4.69) is 0 Å². The fourth-order valence-electron chi connectivity index (χ4n) is 1.99. The van der Waals surface area contributed by atoms with Crippen LogP contribution in [0.2, 0.25) is 0 Å². The average Bonchev–Trinajstić information content (AvgIpc) is 2.71. The first kappa shape index (κ1) is 10.8. The zero-order chi connectivity index (χ0) is 11.7. The first-order chi connectivity index (χ1) is 7.58. The highest BCUT2D eigenvalue weighted by atomic mass is 16.4. The van der Waals surface area contributed by atoms with Crippen molar-refractivity contribution in [3.05, 3.63) is 23.8 Å². The smallest absolute Gasteiger partial charge is 0.308 e. The Kier molecular flexibility index (Phi) is 2.73. The molecule has 1 fully saturated rings. The summed E-state index contributed by atoms with van der Waals surface area (Å²) in [4.78, 5) is 12.8. The van der Waals surface area contributed by atoms with Gasteiger partial charge in [0.1, 0.15) is 5.75 Å². The SMILES string of the molecule is Cc1ccc(N2CCC(C(=O)O)C2)cc1O. The number of carbonyl (C=O) groups is 1. The number of carboxylic acid groups (broad SMARTS) is 1. The van der Waals surface area contributed by atoms with Crippen molar-refractivity contribution >= 4 is 11.7 Å². The third-order valence-corrected chi connectivity index (χ3v) is 3.10. The Labute approximate surface area is 94.1 Å². The fraction of sp³-hybridized carbons (Fsp3) is 0.417. The van der Waals surface area contributed by atoms with Crippen LogP contribution in [0.5, 0.6) is 5.75 Å². The second-order valence-electron chi connectivity index (χ2n) is 4.24. The third-order valence-electron chi connectivity index (χ3n) is 3.10. The minimum absolute atomic E-state index is 0.260. The summed E-state index contributed by atoms with van der Waals surface area (Å²) in [6.45, 7) is 3.10. The van der Waals surface area contributed by atoms with Crippen LogP contribution in [-0.4, -0.2) is 29.3 Å². The van der Waals surface area contributed by atoms with Gasteiger partial charge in [0.05, 0.1) is 5.92 Å². The number of nitrogens with zero attached hydrogens (tertiary/aromatic N) is 1. The quantitative estimate of drug-likeness (QED) is 0.796. The zero-order valence-electron chi connectivity index (χ0n) is 9.18. The first-order valence-electron chi connectivity index (χ1n) is 5.35. The van der Waals surface area contributed by atoms with E-state index in [1.54, 1.807) is 6.07 Å². The van der Waals surface area contributed by atoms with Crippen molar-refractivity contribution in [2.45, 2.75) is 13.3 Å². The summed E-state index contributed by atoms with van der Waals surface area (Å²) in [7, 11) is 0. The van der Waals surface area contributed by atoms with Crippen molar-refractivity contribution in [3.63, 3.8) is 0 Å². The molecule has 2 rings (SSSR count). The zero-order valence-corrected chi connectivity index (χ0v) is 9.18. The Balaban J connectivity index is 2.14. The lowest BCUT2D eigenvalue weighted by Gasteiger charge is -2.18. The van der Waals surface area contributed by atoms with E-state index < -0.39 is 5.97 Å². The number of benzene rings is 1. The van der Waals surface area contributed by atoms with E-state index in [0.29, 0.717) is 13.0 Å². The molecule has 0 bridgehead atoms. The average molecular weight is 221 g/mol. The molecule has 0 amide bonds. The molecule has 4 nitrogen and oxygen atoms in total. The van der Waals surface area contributed by atoms with Gasteiger partial charge in [-0.15, -0.1) is 0 Å². The van der Waals surface area contributed by atoms with E-state index in [9.17, 15) is 9.90 Å². The molecule has 2 N–H and O–H groups in total. The van der Waals surface area contributed by atoms with Gasteiger partial charge in [0.25, 0.3) is 0 Å². The lowest BCUT2D eigenvalue weighted by atomic mass is 10.1. The van der Waals surface area contributed by atoms with Gasteiger partial charge in [-0.1, -0.05) is 6.07 Å². The maximum absolute atomic E-state index is 10.8. The van der Waals surface area contributed by atoms with Crippen LogP contribution in [0, 0.1) is 12.8 Å².